The first kappa shape index (κ1) is 30.7. The molecular formula is C50H29N5. The minimum atomic E-state index is 0.442. The summed E-state index contributed by atoms with van der Waals surface area (Å²) < 4.78 is 7.21. The van der Waals surface area contributed by atoms with Crippen LogP contribution < -0.4 is 0 Å². The van der Waals surface area contributed by atoms with Crippen LogP contribution in [0.1, 0.15) is 11.1 Å². The number of hydrogen-bond donors (Lipinski definition) is 0. The van der Waals surface area contributed by atoms with E-state index in [1.54, 1.807) is 6.07 Å². The van der Waals surface area contributed by atoms with Crippen molar-refractivity contribution in [2.45, 2.75) is 0 Å². The Hall–Kier alpha value is -7.86. The van der Waals surface area contributed by atoms with E-state index >= 15 is 0 Å². The van der Waals surface area contributed by atoms with Crippen LogP contribution in [0.5, 0.6) is 0 Å². The van der Waals surface area contributed by atoms with Crippen molar-refractivity contribution in [3.8, 4) is 40.3 Å². The lowest BCUT2D eigenvalue weighted by atomic mass is 9.98. The highest BCUT2D eigenvalue weighted by atomic mass is 15.1. The summed E-state index contributed by atoms with van der Waals surface area (Å²) in [6.45, 7) is 0. The van der Waals surface area contributed by atoms with Crippen LogP contribution in [-0.2, 0) is 0 Å². The maximum atomic E-state index is 10.1. The van der Waals surface area contributed by atoms with Crippen molar-refractivity contribution in [3.63, 3.8) is 0 Å². The fraction of sp³-hybridized carbons (Fsp3) is 0. The van der Waals surface area contributed by atoms with E-state index in [0.717, 1.165) is 82.8 Å². The second-order valence-corrected chi connectivity index (χ2v) is 14.0. The van der Waals surface area contributed by atoms with Crippen LogP contribution >= 0.6 is 0 Å². The van der Waals surface area contributed by atoms with Gasteiger partial charge in [-0.2, -0.15) is 10.5 Å². The third kappa shape index (κ3) is 4.45. The van der Waals surface area contributed by atoms with E-state index in [-0.39, 0.29) is 0 Å². The smallest absolute Gasteiger partial charge is 0.0992 e. The van der Waals surface area contributed by atoms with Gasteiger partial charge in [-0.1, -0.05) is 109 Å². The first-order valence-corrected chi connectivity index (χ1v) is 18.3. The topological polar surface area (TPSA) is 62.4 Å². The van der Waals surface area contributed by atoms with Gasteiger partial charge in [0.15, 0.2) is 0 Å². The lowest BCUT2D eigenvalue weighted by Crippen LogP contribution is -2.10. The zero-order valence-corrected chi connectivity index (χ0v) is 29.5. The molecule has 11 aromatic rings. The molecule has 0 saturated heterocycles. The van der Waals surface area contributed by atoms with Gasteiger partial charge < -0.3 is 13.7 Å². The zero-order valence-electron chi connectivity index (χ0n) is 29.5. The summed E-state index contributed by atoms with van der Waals surface area (Å²) >= 11 is 0. The van der Waals surface area contributed by atoms with Crippen molar-refractivity contribution in [3.05, 3.63) is 187 Å². The number of para-hydroxylation sites is 6. The summed E-state index contributed by atoms with van der Waals surface area (Å²) in [5, 5.41) is 27.2. The quantitative estimate of drug-likeness (QED) is 0.184. The molecule has 0 fully saturated rings. The summed E-state index contributed by atoms with van der Waals surface area (Å²) in [6, 6.07) is 66.2. The van der Waals surface area contributed by atoms with Crippen LogP contribution in [0.4, 0.5) is 0 Å². The van der Waals surface area contributed by atoms with Crippen molar-refractivity contribution in [1.82, 2.24) is 13.7 Å². The van der Waals surface area contributed by atoms with Gasteiger partial charge in [-0.05, 0) is 77.9 Å². The number of benzene rings is 8. The van der Waals surface area contributed by atoms with Gasteiger partial charge in [0.05, 0.1) is 73.4 Å². The fourth-order valence-corrected chi connectivity index (χ4v) is 8.79. The second-order valence-electron chi connectivity index (χ2n) is 14.0. The van der Waals surface area contributed by atoms with Gasteiger partial charge >= 0.3 is 0 Å². The molecule has 0 aliphatic rings. The molecule has 3 heterocycles. The molecule has 11 rings (SSSR count). The van der Waals surface area contributed by atoms with E-state index in [0.29, 0.717) is 11.1 Å². The molecule has 0 aliphatic heterocycles. The minimum absolute atomic E-state index is 0.442. The molecule has 0 atom stereocenters. The number of nitriles is 2. The molecular weight excluding hydrogens is 671 g/mol. The summed E-state index contributed by atoms with van der Waals surface area (Å²) in [5.41, 5.74) is 12.1. The molecule has 55 heavy (non-hydrogen) atoms. The Bertz CT molecular complexity index is 3140. The van der Waals surface area contributed by atoms with Gasteiger partial charge in [-0.15, -0.1) is 0 Å². The number of nitrogens with zero attached hydrogens (tertiary/aromatic N) is 5. The molecule has 254 valence electrons. The van der Waals surface area contributed by atoms with Crippen LogP contribution in [0.25, 0.3) is 93.6 Å². The van der Waals surface area contributed by atoms with Crippen molar-refractivity contribution in [2.75, 3.05) is 0 Å². The second kappa shape index (κ2) is 11.8. The maximum absolute atomic E-state index is 10.1. The standard InChI is InChI=1S/C50H29N5/c51-30-32-25-33(31-52)27-34(26-32)35-28-48(53-42-19-7-1-13-36(42)37-14-2-8-20-43(37)53)50(55-46-23-11-5-17-40(46)41-18-6-12-24-47(41)55)49(29-35)54-44-21-9-3-15-38(44)39-16-4-10-22-45(39)54/h1-29H. The lowest BCUT2D eigenvalue weighted by Gasteiger charge is -2.24. The summed E-state index contributed by atoms with van der Waals surface area (Å²) in [6.07, 6.45) is 0. The van der Waals surface area contributed by atoms with Crippen molar-refractivity contribution in [1.29, 1.82) is 10.5 Å². The van der Waals surface area contributed by atoms with E-state index in [1.807, 2.05) is 12.1 Å². The number of rotatable bonds is 4. The molecule has 3 aromatic heterocycles. The molecule has 5 nitrogen and oxygen atoms in total. The maximum Gasteiger partial charge on any atom is 0.0992 e. The largest absolute Gasteiger partial charge is 0.307 e. The van der Waals surface area contributed by atoms with Crippen LogP contribution in [0.3, 0.4) is 0 Å². The van der Waals surface area contributed by atoms with Gasteiger partial charge in [0.25, 0.3) is 0 Å². The third-order valence-electron chi connectivity index (χ3n) is 11.0. The molecule has 0 saturated carbocycles. The lowest BCUT2D eigenvalue weighted by molar-refractivity contribution is 1.05. The fourth-order valence-electron chi connectivity index (χ4n) is 8.79. The van der Waals surface area contributed by atoms with E-state index in [2.05, 4.69) is 184 Å². The Morgan fingerprint density at radius 2 is 0.582 bits per heavy atom. The summed E-state index contributed by atoms with van der Waals surface area (Å²) in [4.78, 5) is 0. The average Bonchev–Trinajstić information content (AvgIpc) is 3.89. The molecule has 0 N–H and O–H groups in total. The van der Waals surface area contributed by atoms with Crippen molar-refractivity contribution < 1.29 is 0 Å². The van der Waals surface area contributed by atoms with Crippen LogP contribution in [0.2, 0.25) is 0 Å². The Kier molecular flexibility index (Phi) is 6.61. The SMILES string of the molecule is N#Cc1cc(C#N)cc(-c2cc(-n3c4ccccc4c4ccccc43)c(-n3c4ccccc4c4ccccc43)c(-n3c4ccccc4c4ccccc43)c2)c1. The monoisotopic (exact) mass is 699 g/mol. The van der Waals surface area contributed by atoms with Gasteiger partial charge in [0.1, 0.15) is 0 Å². The molecule has 0 amide bonds. The Labute approximate surface area is 316 Å². The first-order chi connectivity index (χ1) is 27.2. The Morgan fingerprint density at radius 3 is 0.891 bits per heavy atom. The molecule has 8 aromatic carbocycles. The molecule has 0 unspecified atom stereocenters. The highest BCUT2D eigenvalue weighted by molar-refractivity contribution is 6.13. The van der Waals surface area contributed by atoms with Crippen molar-refractivity contribution in [2.24, 2.45) is 0 Å². The normalized spacial score (nSPS) is 11.6. The van der Waals surface area contributed by atoms with Crippen molar-refractivity contribution >= 4 is 65.4 Å². The zero-order chi connectivity index (χ0) is 36.6. The molecule has 0 spiro atoms. The molecule has 0 bridgehead atoms. The molecule has 5 heteroatoms. The Morgan fingerprint density at radius 1 is 0.309 bits per heavy atom. The summed E-state index contributed by atoms with van der Waals surface area (Å²) in [5.74, 6) is 0. The number of aromatic nitrogens is 3. The highest BCUT2D eigenvalue weighted by Gasteiger charge is 2.26. The van der Waals surface area contributed by atoms with Crippen LogP contribution in [-0.4, -0.2) is 13.7 Å². The summed E-state index contributed by atoms with van der Waals surface area (Å²) in [7, 11) is 0. The van der Waals surface area contributed by atoms with Gasteiger partial charge in [-0.25, -0.2) is 0 Å². The number of fused-ring (bicyclic) bond motifs is 9. The van der Waals surface area contributed by atoms with Crippen LogP contribution in [0.15, 0.2) is 176 Å². The third-order valence-corrected chi connectivity index (χ3v) is 11.0. The van der Waals surface area contributed by atoms with E-state index in [4.69, 9.17) is 0 Å². The molecule has 0 radical (unpaired) electrons. The average molecular weight is 700 g/mol. The van der Waals surface area contributed by atoms with Crippen LogP contribution in [0, 0.1) is 22.7 Å². The van der Waals surface area contributed by atoms with Gasteiger partial charge in [-0.3, -0.25) is 0 Å². The molecule has 0 aliphatic carbocycles. The van der Waals surface area contributed by atoms with E-state index in [9.17, 15) is 10.5 Å². The number of hydrogen-bond acceptors (Lipinski definition) is 2. The Balaban J connectivity index is 1.43. The van der Waals surface area contributed by atoms with Gasteiger partial charge in [0.2, 0.25) is 0 Å². The van der Waals surface area contributed by atoms with Gasteiger partial charge in [0, 0.05) is 32.3 Å². The predicted molar refractivity (Wildman–Crippen MR) is 224 cm³/mol. The first-order valence-electron chi connectivity index (χ1n) is 18.3. The highest BCUT2D eigenvalue weighted by Crippen LogP contribution is 2.44. The van der Waals surface area contributed by atoms with E-state index < -0.39 is 0 Å². The van der Waals surface area contributed by atoms with E-state index in [1.165, 1.54) is 10.8 Å². The minimum Gasteiger partial charge on any atom is -0.307 e. The predicted octanol–water partition coefficient (Wildman–Crippen LogP) is 12.4.